The Morgan fingerprint density at radius 1 is 1.56 bits per heavy atom. The predicted molar refractivity (Wildman–Crippen MR) is 50.6 cm³/mol. The maximum absolute atomic E-state index is 11.9. The Morgan fingerprint density at radius 3 is 2.62 bits per heavy atom. The van der Waals surface area contributed by atoms with Crippen LogP contribution in [0.1, 0.15) is 11.5 Å². The number of hydrogen-bond acceptors (Lipinski definition) is 4. The van der Waals surface area contributed by atoms with E-state index in [0.29, 0.717) is 0 Å². The first-order valence-corrected chi connectivity index (χ1v) is 5.83. The second-order valence-corrected chi connectivity index (χ2v) is 4.77. The molecule has 0 aliphatic rings. The van der Waals surface area contributed by atoms with Gasteiger partial charge >= 0.3 is 0 Å². The Bertz CT molecular complexity index is 455. The molecular formula is C8H11F2NO4S. The van der Waals surface area contributed by atoms with Gasteiger partial charge in [-0.1, -0.05) is 0 Å². The van der Waals surface area contributed by atoms with Gasteiger partial charge in [0.05, 0.1) is 6.54 Å². The Labute approximate surface area is 91.1 Å². The second kappa shape index (κ2) is 4.89. The molecule has 1 aromatic rings. The van der Waals surface area contributed by atoms with Crippen molar-refractivity contribution < 1.29 is 26.7 Å². The number of aliphatic hydroxyl groups excluding tert-OH is 1. The summed E-state index contributed by atoms with van der Waals surface area (Å²) >= 11 is 0. The maximum atomic E-state index is 11.9. The van der Waals surface area contributed by atoms with Crippen LogP contribution in [-0.4, -0.2) is 26.5 Å². The van der Waals surface area contributed by atoms with Gasteiger partial charge in [0.25, 0.3) is 6.43 Å². The van der Waals surface area contributed by atoms with E-state index in [2.05, 4.69) is 0 Å². The number of alkyl halides is 2. The number of furan rings is 1. The molecule has 0 amide bonds. The van der Waals surface area contributed by atoms with E-state index in [1.165, 1.54) is 6.92 Å². The quantitative estimate of drug-likeness (QED) is 0.808. The summed E-state index contributed by atoms with van der Waals surface area (Å²) in [5.74, 6) is 0.112. The van der Waals surface area contributed by atoms with Gasteiger partial charge in [0.15, 0.2) is 0 Å². The van der Waals surface area contributed by atoms with Gasteiger partial charge in [-0.3, -0.25) is 0 Å². The number of hydrogen-bond donors (Lipinski definition) is 2. The number of sulfonamides is 1. The fourth-order valence-electron chi connectivity index (χ4n) is 1.12. The van der Waals surface area contributed by atoms with Crippen molar-refractivity contribution in [3.63, 3.8) is 0 Å². The zero-order valence-corrected chi connectivity index (χ0v) is 9.22. The van der Waals surface area contributed by atoms with Crippen LogP contribution in [0.2, 0.25) is 0 Å². The van der Waals surface area contributed by atoms with E-state index in [0.717, 1.165) is 6.07 Å². The minimum absolute atomic E-state index is 0.0471. The van der Waals surface area contributed by atoms with Crippen LogP contribution in [0.3, 0.4) is 0 Å². The molecule has 0 fully saturated rings. The van der Waals surface area contributed by atoms with Gasteiger partial charge in [0.1, 0.15) is 23.0 Å². The van der Waals surface area contributed by atoms with Gasteiger partial charge in [0.2, 0.25) is 10.0 Å². The van der Waals surface area contributed by atoms with Crippen molar-refractivity contribution in [2.75, 3.05) is 6.54 Å². The molecule has 0 saturated carbocycles. The third-order valence-electron chi connectivity index (χ3n) is 1.80. The lowest BCUT2D eigenvalue weighted by Crippen LogP contribution is -2.28. The van der Waals surface area contributed by atoms with Crippen molar-refractivity contribution in [2.45, 2.75) is 24.9 Å². The van der Waals surface area contributed by atoms with Gasteiger partial charge in [-0.05, 0) is 6.92 Å². The van der Waals surface area contributed by atoms with E-state index >= 15 is 0 Å². The van der Waals surface area contributed by atoms with Crippen molar-refractivity contribution in [1.82, 2.24) is 4.72 Å². The van der Waals surface area contributed by atoms with E-state index in [1.54, 1.807) is 4.72 Å². The summed E-state index contributed by atoms with van der Waals surface area (Å²) in [5, 5.41) is 8.73. The van der Waals surface area contributed by atoms with Crippen molar-refractivity contribution in [2.24, 2.45) is 0 Å². The van der Waals surface area contributed by atoms with Crippen LogP contribution < -0.4 is 4.72 Å². The normalized spacial score (nSPS) is 12.3. The molecule has 0 aromatic carbocycles. The minimum Gasteiger partial charge on any atom is -0.462 e. The molecule has 0 aliphatic heterocycles. The Kier molecular flexibility index (Phi) is 4.00. The molecule has 0 unspecified atom stereocenters. The smallest absolute Gasteiger partial charge is 0.251 e. The van der Waals surface area contributed by atoms with Gasteiger partial charge < -0.3 is 9.52 Å². The average molecular weight is 255 g/mol. The zero-order chi connectivity index (χ0) is 12.3. The molecule has 1 heterocycles. The molecule has 8 heteroatoms. The minimum atomic E-state index is -4.01. The summed E-state index contributed by atoms with van der Waals surface area (Å²) in [4.78, 5) is -0.239. The average Bonchev–Trinajstić information content (AvgIpc) is 2.57. The molecule has 0 bridgehead atoms. The van der Waals surface area contributed by atoms with Crippen LogP contribution >= 0.6 is 0 Å². The largest absolute Gasteiger partial charge is 0.462 e. The Morgan fingerprint density at radius 2 is 2.19 bits per heavy atom. The Balaban J connectivity index is 2.93. The molecule has 0 aliphatic carbocycles. The fraction of sp³-hybridized carbons (Fsp3) is 0.500. The standard InChI is InChI=1S/C8H11F2NO4S/c1-5-7(2-6(4-12)15-5)16(13,14)11-3-8(9)10/h2,8,11-12H,3-4H2,1H3. The highest BCUT2D eigenvalue weighted by atomic mass is 32.2. The van der Waals surface area contributed by atoms with Crippen molar-refractivity contribution in [3.8, 4) is 0 Å². The third kappa shape index (κ3) is 3.00. The third-order valence-corrected chi connectivity index (χ3v) is 3.33. The number of aryl methyl sites for hydroxylation is 1. The fourth-order valence-corrected chi connectivity index (χ4v) is 2.33. The molecule has 16 heavy (non-hydrogen) atoms. The van der Waals surface area contributed by atoms with E-state index in [9.17, 15) is 17.2 Å². The molecule has 0 atom stereocenters. The highest BCUT2D eigenvalue weighted by molar-refractivity contribution is 7.89. The van der Waals surface area contributed by atoms with Crippen molar-refractivity contribution >= 4 is 10.0 Å². The molecule has 2 N–H and O–H groups in total. The number of nitrogens with one attached hydrogen (secondary N) is 1. The van der Waals surface area contributed by atoms with E-state index in [-0.39, 0.29) is 16.4 Å². The highest BCUT2D eigenvalue weighted by Gasteiger charge is 2.22. The van der Waals surface area contributed by atoms with Gasteiger partial charge in [0, 0.05) is 6.07 Å². The van der Waals surface area contributed by atoms with Gasteiger partial charge in [-0.25, -0.2) is 21.9 Å². The summed E-state index contributed by atoms with van der Waals surface area (Å²) < 4.78 is 53.4. The van der Waals surface area contributed by atoms with Crippen LogP contribution in [0.4, 0.5) is 8.78 Å². The van der Waals surface area contributed by atoms with E-state index in [4.69, 9.17) is 9.52 Å². The first kappa shape index (κ1) is 13.1. The first-order valence-electron chi connectivity index (χ1n) is 4.35. The highest BCUT2D eigenvalue weighted by Crippen LogP contribution is 2.19. The molecular weight excluding hydrogens is 244 g/mol. The number of rotatable bonds is 5. The summed E-state index contributed by atoms with van der Waals surface area (Å²) in [6.07, 6.45) is -2.76. The number of halogens is 2. The van der Waals surface area contributed by atoms with Crippen molar-refractivity contribution in [1.29, 1.82) is 0 Å². The summed E-state index contributed by atoms with van der Waals surface area (Å²) in [6, 6.07) is 1.10. The van der Waals surface area contributed by atoms with E-state index < -0.39 is 29.6 Å². The zero-order valence-electron chi connectivity index (χ0n) is 8.41. The summed E-state index contributed by atoms with van der Waals surface area (Å²) in [5.41, 5.74) is 0. The summed E-state index contributed by atoms with van der Waals surface area (Å²) in [6.45, 7) is -0.0390. The number of aliphatic hydroxyl groups is 1. The van der Waals surface area contributed by atoms with Gasteiger partial charge in [-0.15, -0.1) is 0 Å². The first-order chi connectivity index (χ1) is 7.36. The lowest BCUT2D eigenvalue weighted by Gasteiger charge is -2.03. The molecule has 0 radical (unpaired) electrons. The second-order valence-electron chi connectivity index (χ2n) is 3.03. The lowest BCUT2D eigenvalue weighted by molar-refractivity contribution is 0.153. The van der Waals surface area contributed by atoms with Gasteiger partial charge in [-0.2, -0.15) is 0 Å². The summed E-state index contributed by atoms with van der Waals surface area (Å²) in [7, 11) is -4.01. The maximum Gasteiger partial charge on any atom is 0.251 e. The molecule has 1 rings (SSSR count). The lowest BCUT2D eigenvalue weighted by atomic mass is 10.4. The molecule has 1 aromatic heterocycles. The van der Waals surface area contributed by atoms with Crippen LogP contribution in [0.25, 0.3) is 0 Å². The SMILES string of the molecule is Cc1oc(CO)cc1S(=O)(=O)NCC(F)F. The topological polar surface area (TPSA) is 79.5 Å². The van der Waals surface area contributed by atoms with E-state index in [1.807, 2.05) is 0 Å². The monoisotopic (exact) mass is 255 g/mol. The molecule has 0 saturated heterocycles. The Hall–Kier alpha value is -0.990. The predicted octanol–water partition coefficient (Wildman–Crippen LogP) is 0.624. The van der Waals surface area contributed by atoms with Crippen molar-refractivity contribution in [3.05, 3.63) is 17.6 Å². The van der Waals surface area contributed by atoms with Crippen LogP contribution in [0.15, 0.2) is 15.4 Å². The molecule has 5 nitrogen and oxygen atoms in total. The van der Waals surface area contributed by atoms with Crippen LogP contribution in [-0.2, 0) is 16.6 Å². The molecule has 0 spiro atoms. The van der Waals surface area contributed by atoms with Crippen LogP contribution in [0.5, 0.6) is 0 Å². The van der Waals surface area contributed by atoms with Crippen LogP contribution in [0, 0.1) is 6.92 Å². The molecule has 92 valence electrons.